The summed E-state index contributed by atoms with van der Waals surface area (Å²) >= 11 is 0. The summed E-state index contributed by atoms with van der Waals surface area (Å²) in [5.41, 5.74) is 9.18. The third-order valence-corrected chi connectivity index (χ3v) is 12.4. The van der Waals surface area contributed by atoms with Crippen molar-refractivity contribution >= 4 is 23.8 Å². The Hall–Kier alpha value is -7.47. The van der Waals surface area contributed by atoms with Crippen molar-refractivity contribution in [1.29, 1.82) is 0 Å². The Morgan fingerprint density at radius 2 is 1.13 bits per heavy atom. The second kappa shape index (κ2) is 17.5. The van der Waals surface area contributed by atoms with Crippen molar-refractivity contribution < 1.29 is 23.9 Å². The Bertz CT molecular complexity index is 2720. The molecule has 5 aromatic carbocycles. The predicted octanol–water partition coefficient (Wildman–Crippen LogP) is 10.1. The lowest BCUT2D eigenvalue weighted by Crippen LogP contribution is -2.41. The van der Waals surface area contributed by atoms with Crippen LogP contribution in [0.15, 0.2) is 146 Å². The number of hydrogen-bond donors (Lipinski definition) is 2. The quantitative estimate of drug-likeness (QED) is 0.140. The fourth-order valence-electron chi connectivity index (χ4n) is 9.23. The van der Waals surface area contributed by atoms with Crippen LogP contribution in [0, 0.1) is 0 Å². The van der Waals surface area contributed by atoms with E-state index in [1.165, 1.54) is 0 Å². The molecule has 2 aromatic heterocycles. The summed E-state index contributed by atoms with van der Waals surface area (Å²) in [6, 6.07) is 43.0. The molecule has 5 heterocycles. The van der Waals surface area contributed by atoms with E-state index in [0.717, 1.165) is 93.4 Å². The minimum atomic E-state index is -0.348. The predicted molar refractivity (Wildman–Crippen MR) is 238 cm³/mol. The molecule has 316 valence electrons. The molecule has 0 radical (unpaired) electrons. The number of nitrogens with one attached hydrogen (secondary N) is 2. The Morgan fingerprint density at radius 3 is 1.68 bits per heavy atom. The first-order valence-corrected chi connectivity index (χ1v) is 21.6. The van der Waals surface area contributed by atoms with E-state index < -0.39 is 0 Å². The first kappa shape index (κ1) is 39.7. The van der Waals surface area contributed by atoms with Gasteiger partial charge < -0.3 is 24.3 Å². The van der Waals surface area contributed by atoms with Crippen LogP contribution in [0.4, 0.5) is 15.3 Å². The summed E-state index contributed by atoms with van der Waals surface area (Å²) in [4.78, 5) is 62.4. The number of hydrogen-bond acceptors (Lipinski definition) is 7. The van der Waals surface area contributed by atoms with Crippen molar-refractivity contribution in [3.8, 4) is 22.5 Å². The van der Waals surface area contributed by atoms with Gasteiger partial charge in [-0.3, -0.25) is 14.6 Å². The van der Waals surface area contributed by atoms with E-state index in [2.05, 4.69) is 40.3 Å². The number of imidazole rings is 2. The summed E-state index contributed by atoms with van der Waals surface area (Å²) in [5.74, 6) is 1.43. The number of H-pyrrole nitrogens is 2. The van der Waals surface area contributed by atoms with Crippen LogP contribution in [-0.2, 0) is 33.9 Å². The van der Waals surface area contributed by atoms with Crippen LogP contribution in [0.2, 0.25) is 0 Å². The molecule has 12 nitrogen and oxygen atoms in total. The Morgan fingerprint density at radius 1 is 0.619 bits per heavy atom. The zero-order chi connectivity index (χ0) is 42.7. The van der Waals surface area contributed by atoms with Crippen LogP contribution < -0.4 is 4.90 Å². The molecular weight excluding hydrogens is 791 g/mol. The molecule has 2 fully saturated rings. The highest BCUT2D eigenvalue weighted by atomic mass is 16.6. The molecule has 2 saturated heterocycles. The maximum atomic E-state index is 14.3. The van der Waals surface area contributed by atoms with Crippen molar-refractivity contribution in [3.63, 3.8) is 0 Å². The van der Waals surface area contributed by atoms with Gasteiger partial charge in [0.1, 0.15) is 24.9 Å². The number of likely N-dealkylation sites (tertiary alicyclic amines) is 2. The van der Waals surface area contributed by atoms with Gasteiger partial charge in [-0.25, -0.2) is 19.6 Å². The van der Waals surface area contributed by atoms with Crippen LogP contribution in [0.3, 0.4) is 0 Å². The van der Waals surface area contributed by atoms with Gasteiger partial charge in [0.2, 0.25) is 5.91 Å². The van der Waals surface area contributed by atoms with Crippen molar-refractivity contribution in [3.05, 3.63) is 185 Å². The number of aromatic nitrogens is 4. The molecule has 3 aliphatic heterocycles. The van der Waals surface area contributed by atoms with Crippen LogP contribution in [0.5, 0.6) is 0 Å². The maximum absolute atomic E-state index is 14.3. The molecule has 0 aliphatic carbocycles. The number of ether oxygens (including phenoxy) is 2. The molecular formula is C51H47N7O5. The molecule has 3 amide bonds. The number of amides is 3. The van der Waals surface area contributed by atoms with Gasteiger partial charge in [0.05, 0.1) is 48.3 Å². The molecule has 3 aliphatic rings. The number of carbonyl (C=O) groups excluding carboxylic acids is 3. The van der Waals surface area contributed by atoms with E-state index in [-0.39, 0.29) is 55.9 Å². The number of rotatable bonds is 10. The van der Waals surface area contributed by atoms with E-state index in [4.69, 9.17) is 19.4 Å². The highest BCUT2D eigenvalue weighted by Crippen LogP contribution is 2.41. The second-order valence-corrected chi connectivity index (χ2v) is 16.4. The fourth-order valence-corrected chi connectivity index (χ4v) is 9.23. The van der Waals surface area contributed by atoms with Crippen LogP contribution in [0.25, 0.3) is 22.5 Å². The highest BCUT2D eigenvalue weighted by Gasteiger charge is 2.37. The lowest BCUT2D eigenvalue weighted by Gasteiger charge is -2.38. The maximum Gasteiger partial charge on any atom is 0.410 e. The van der Waals surface area contributed by atoms with E-state index in [1.807, 2.05) is 114 Å². The average Bonchev–Trinajstić information content (AvgIpc) is 4.18. The number of carbonyl (C=O) groups is 3. The van der Waals surface area contributed by atoms with Gasteiger partial charge in [-0.15, -0.1) is 0 Å². The molecule has 0 spiro atoms. The van der Waals surface area contributed by atoms with Gasteiger partial charge in [-0.1, -0.05) is 115 Å². The van der Waals surface area contributed by atoms with Gasteiger partial charge in [0.25, 0.3) is 0 Å². The van der Waals surface area contributed by atoms with E-state index in [9.17, 15) is 14.4 Å². The minimum absolute atomic E-state index is 0.00790. The summed E-state index contributed by atoms with van der Waals surface area (Å²) in [5, 5.41) is 0. The van der Waals surface area contributed by atoms with Gasteiger partial charge >= 0.3 is 12.2 Å². The first-order valence-electron chi connectivity index (χ1n) is 21.6. The average molecular weight is 838 g/mol. The van der Waals surface area contributed by atoms with Crippen LogP contribution in [-0.4, -0.2) is 60.9 Å². The summed E-state index contributed by atoms with van der Waals surface area (Å²) in [6.45, 7) is 1.66. The molecule has 0 saturated carbocycles. The van der Waals surface area contributed by atoms with Crippen LogP contribution in [0.1, 0.15) is 83.3 Å². The third-order valence-electron chi connectivity index (χ3n) is 12.4. The molecule has 10 rings (SSSR count). The lowest BCUT2D eigenvalue weighted by atomic mass is 9.86. The van der Waals surface area contributed by atoms with E-state index >= 15 is 0 Å². The van der Waals surface area contributed by atoms with E-state index in [1.54, 1.807) is 16.0 Å². The Labute approximate surface area is 365 Å². The van der Waals surface area contributed by atoms with Crippen molar-refractivity contribution in [2.45, 2.75) is 63.4 Å². The smallest absolute Gasteiger partial charge is 0.410 e. The Balaban J connectivity index is 0.855. The SMILES string of the molecule is O=C1Cc2cc(-c3cnc([C@@H]4CCCN4C(=O)OCc4ccccc4)[nH]3)ccc2C(c2ccccc2)N1c1ccc(-c2cnc([C@@H]3CCCN3C(=O)OCc3ccccc3)[nH]2)cc1. The topological polar surface area (TPSA) is 137 Å². The molecule has 12 heteroatoms. The summed E-state index contributed by atoms with van der Waals surface area (Å²) in [6.07, 6.45) is 6.46. The molecule has 63 heavy (non-hydrogen) atoms. The summed E-state index contributed by atoms with van der Waals surface area (Å²) < 4.78 is 11.3. The largest absolute Gasteiger partial charge is 0.445 e. The fraction of sp³-hybridized carbons (Fsp3) is 0.235. The van der Waals surface area contributed by atoms with Crippen molar-refractivity contribution in [2.75, 3.05) is 18.0 Å². The molecule has 7 aromatic rings. The van der Waals surface area contributed by atoms with Crippen LogP contribution >= 0.6 is 0 Å². The number of nitrogens with zero attached hydrogens (tertiary/aromatic N) is 5. The molecule has 3 atom stereocenters. The number of aromatic amines is 2. The zero-order valence-corrected chi connectivity index (χ0v) is 34.7. The third kappa shape index (κ3) is 8.19. The van der Waals surface area contributed by atoms with Gasteiger partial charge in [0, 0.05) is 18.8 Å². The second-order valence-electron chi connectivity index (χ2n) is 16.4. The number of fused-ring (bicyclic) bond motifs is 1. The monoisotopic (exact) mass is 837 g/mol. The summed E-state index contributed by atoms with van der Waals surface area (Å²) in [7, 11) is 0. The minimum Gasteiger partial charge on any atom is -0.445 e. The number of anilines is 1. The number of benzene rings is 5. The highest BCUT2D eigenvalue weighted by molar-refractivity contribution is 5.98. The van der Waals surface area contributed by atoms with Crippen molar-refractivity contribution in [1.82, 2.24) is 29.7 Å². The van der Waals surface area contributed by atoms with Gasteiger partial charge in [-0.2, -0.15) is 0 Å². The first-order chi connectivity index (χ1) is 31.0. The molecule has 1 unspecified atom stereocenters. The zero-order valence-electron chi connectivity index (χ0n) is 34.7. The van der Waals surface area contributed by atoms with E-state index in [0.29, 0.717) is 13.1 Å². The van der Waals surface area contributed by atoms with Crippen molar-refractivity contribution in [2.24, 2.45) is 0 Å². The normalized spacial score (nSPS) is 18.4. The Kier molecular flexibility index (Phi) is 11.0. The lowest BCUT2D eigenvalue weighted by molar-refractivity contribution is -0.118. The van der Waals surface area contributed by atoms with Gasteiger partial charge in [-0.05, 0) is 82.8 Å². The molecule has 0 bridgehead atoms. The standard InChI is InChI=1S/C51H47N7O5/c59-46-29-39-28-38(43-31-53-49(55-43)45-19-11-27-57(45)51(61)63-33-35-14-6-2-7-15-35)22-25-41(39)47(37-16-8-3-9-17-37)58(46)40-23-20-36(21-24-40)42-30-52-48(54-42)44-18-10-26-56(44)50(60)62-32-34-12-4-1-5-13-34/h1-9,12-17,20-25,28,30-31,44-45,47H,10-11,18-19,26-27,29,32-33H2,(H,52,54)(H,53,55)/t44-,45-,47?/m0/s1. The van der Waals surface area contributed by atoms with Gasteiger partial charge in [0.15, 0.2) is 0 Å². The molecule has 2 N–H and O–H groups in total.